The Bertz CT molecular complexity index is 829. The number of phenols is 1. The molecular formula is C21H28N2O5. The third-order valence-electron chi connectivity index (χ3n) is 7.61. The van der Waals surface area contributed by atoms with Gasteiger partial charge in [-0.05, 0) is 57.8 Å². The van der Waals surface area contributed by atoms with E-state index in [4.69, 9.17) is 9.47 Å². The Morgan fingerprint density at radius 2 is 2.25 bits per heavy atom. The number of hydrogen-bond acceptors (Lipinski definition) is 6. The van der Waals surface area contributed by atoms with E-state index in [9.17, 15) is 15.0 Å². The van der Waals surface area contributed by atoms with Gasteiger partial charge in [0, 0.05) is 24.3 Å². The Balaban J connectivity index is 1.71. The number of aromatic hydroxyl groups is 1. The summed E-state index contributed by atoms with van der Waals surface area (Å²) in [4.78, 5) is 13.6. The zero-order chi connectivity index (χ0) is 19.7. The first kappa shape index (κ1) is 18.2. The number of piperidine rings is 1. The lowest BCUT2D eigenvalue weighted by Gasteiger charge is -2.65. The van der Waals surface area contributed by atoms with Crippen LogP contribution in [0.1, 0.15) is 37.3 Å². The van der Waals surface area contributed by atoms with Crippen LogP contribution in [0.25, 0.3) is 0 Å². The molecule has 1 spiro atoms. The van der Waals surface area contributed by atoms with Crippen molar-refractivity contribution in [3.8, 4) is 11.5 Å². The SMILES string of the molecule is CCO[C@@]12CC[C@@H](NCC(=O)O)[C@@H]3Oc4c(O)ccc5c4C31CCN(C)C2C5. The van der Waals surface area contributed by atoms with Crippen molar-refractivity contribution in [3.63, 3.8) is 0 Å². The molecule has 1 saturated carbocycles. The van der Waals surface area contributed by atoms with Gasteiger partial charge in [-0.2, -0.15) is 0 Å². The standard InChI is InChI=1S/C21H28N2O5/c1-3-27-21-7-6-13(22-11-16(25)26)19-20(21)8-9-23(2)15(21)10-12-4-5-14(24)18(28-19)17(12)20/h4-5,13,15,19,22,24H,3,6-11H2,1-2H3,(H,25,26)/t13-,15?,19+,20?,21-/m1/s1. The Kier molecular flexibility index (Phi) is 3.96. The van der Waals surface area contributed by atoms with Gasteiger partial charge in [-0.15, -0.1) is 0 Å². The molecule has 5 rings (SSSR count). The molecule has 7 heteroatoms. The van der Waals surface area contributed by atoms with Crippen molar-refractivity contribution in [1.82, 2.24) is 10.2 Å². The van der Waals surface area contributed by atoms with E-state index < -0.39 is 5.97 Å². The van der Waals surface area contributed by atoms with E-state index in [1.165, 1.54) is 5.56 Å². The number of rotatable bonds is 5. The first-order valence-electron chi connectivity index (χ1n) is 10.3. The van der Waals surface area contributed by atoms with Gasteiger partial charge in [-0.25, -0.2) is 0 Å². The lowest BCUT2D eigenvalue weighted by atomic mass is 9.48. The smallest absolute Gasteiger partial charge is 0.317 e. The van der Waals surface area contributed by atoms with Crippen molar-refractivity contribution in [2.24, 2.45) is 0 Å². The fraction of sp³-hybridized carbons (Fsp3) is 0.667. The average molecular weight is 388 g/mol. The number of carbonyl (C=O) groups is 1. The molecule has 0 radical (unpaired) electrons. The van der Waals surface area contributed by atoms with Gasteiger partial charge in [0.15, 0.2) is 11.5 Å². The van der Waals surface area contributed by atoms with E-state index in [0.717, 1.165) is 37.8 Å². The molecule has 2 aliphatic carbocycles. The van der Waals surface area contributed by atoms with Crippen LogP contribution >= 0.6 is 0 Å². The molecule has 2 aliphatic heterocycles. The third kappa shape index (κ3) is 2.07. The van der Waals surface area contributed by atoms with Gasteiger partial charge < -0.3 is 29.9 Å². The second-order valence-corrected chi connectivity index (χ2v) is 8.65. The predicted octanol–water partition coefficient (Wildman–Crippen LogP) is 1.26. The molecule has 152 valence electrons. The lowest BCUT2D eigenvalue weighted by Crippen LogP contribution is -2.78. The predicted molar refractivity (Wildman–Crippen MR) is 102 cm³/mol. The van der Waals surface area contributed by atoms with Crippen LogP contribution < -0.4 is 10.1 Å². The number of phenolic OH excluding ortho intramolecular Hbond substituents is 1. The molecule has 1 aromatic rings. The summed E-state index contributed by atoms with van der Waals surface area (Å²) in [6.07, 6.45) is 3.14. The summed E-state index contributed by atoms with van der Waals surface area (Å²) in [6.45, 7) is 3.50. The third-order valence-corrected chi connectivity index (χ3v) is 7.61. The van der Waals surface area contributed by atoms with Crippen LogP contribution in [0.4, 0.5) is 0 Å². The molecule has 1 saturated heterocycles. The van der Waals surface area contributed by atoms with Gasteiger partial charge in [-0.3, -0.25) is 4.79 Å². The first-order valence-corrected chi connectivity index (χ1v) is 10.3. The number of carboxylic acid groups (broad SMARTS) is 1. The van der Waals surface area contributed by atoms with E-state index >= 15 is 0 Å². The normalized spacial score (nSPS) is 38.0. The lowest BCUT2D eigenvalue weighted by molar-refractivity contribution is -0.214. The zero-order valence-electron chi connectivity index (χ0n) is 16.4. The summed E-state index contributed by atoms with van der Waals surface area (Å²) in [5.41, 5.74) is 1.58. The Hall–Kier alpha value is -1.83. The molecule has 0 amide bonds. The van der Waals surface area contributed by atoms with Crippen molar-refractivity contribution >= 4 is 5.97 Å². The summed E-state index contributed by atoms with van der Waals surface area (Å²) in [6, 6.07) is 3.91. The van der Waals surface area contributed by atoms with E-state index in [1.807, 2.05) is 13.0 Å². The average Bonchev–Trinajstić information content (AvgIpc) is 3.01. The largest absolute Gasteiger partial charge is 0.504 e. The van der Waals surface area contributed by atoms with Crippen molar-refractivity contribution in [2.45, 2.75) is 61.8 Å². The molecule has 3 N–H and O–H groups in total. The monoisotopic (exact) mass is 388 g/mol. The highest BCUT2D eigenvalue weighted by Crippen LogP contribution is 2.66. The molecule has 1 aromatic carbocycles. The zero-order valence-corrected chi connectivity index (χ0v) is 16.4. The van der Waals surface area contributed by atoms with Crippen molar-refractivity contribution < 1.29 is 24.5 Å². The minimum Gasteiger partial charge on any atom is -0.504 e. The molecule has 0 aromatic heterocycles. The summed E-state index contributed by atoms with van der Waals surface area (Å²) in [5.74, 6) is -0.121. The number of ether oxygens (including phenoxy) is 2. The molecule has 2 unspecified atom stereocenters. The first-order chi connectivity index (χ1) is 13.4. The second kappa shape index (κ2) is 6.08. The van der Waals surface area contributed by atoms with E-state index in [0.29, 0.717) is 12.4 Å². The molecule has 28 heavy (non-hydrogen) atoms. The molecule has 5 atom stereocenters. The summed E-state index contributed by atoms with van der Waals surface area (Å²) < 4.78 is 13.1. The van der Waals surface area contributed by atoms with Gasteiger partial charge in [0.1, 0.15) is 6.10 Å². The van der Waals surface area contributed by atoms with Gasteiger partial charge in [-0.1, -0.05) is 6.07 Å². The fourth-order valence-corrected chi connectivity index (χ4v) is 6.70. The summed E-state index contributed by atoms with van der Waals surface area (Å²) in [7, 11) is 2.17. The number of nitrogens with one attached hydrogen (secondary N) is 1. The number of likely N-dealkylation sites (tertiary alicyclic amines) is 1. The molecular weight excluding hydrogens is 360 g/mol. The quantitative estimate of drug-likeness (QED) is 0.700. The van der Waals surface area contributed by atoms with Crippen LogP contribution in [0.15, 0.2) is 12.1 Å². The van der Waals surface area contributed by atoms with Gasteiger partial charge >= 0.3 is 5.97 Å². The summed E-state index contributed by atoms with van der Waals surface area (Å²) >= 11 is 0. The maximum absolute atomic E-state index is 11.2. The van der Waals surface area contributed by atoms with Gasteiger partial charge in [0.05, 0.1) is 17.6 Å². The molecule has 2 fully saturated rings. The van der Waals surface area contributed by atoms with Crippen molar-refractivity contribution in [2.75, 3.05) is 26.7 Å². The van der Waals surface area contributed by atoms with Crippen LogP contribution in [0.2, 0.25) is 0 Å². The molecule has 4 aliphatic rings. The number of nitrogens with zero attached hydrogens (tertiary/aromatic N) is 1. The van der Waals surface area contributed by atoms with Crippen LogP contribution in [0, 0.1) is 0 Å². The highest BCUT2D eigenvalue weighted by Gasteiger charge is 2.73. The van der Waals surface area contributed by atoms with Crippen LogP contribution in [-0.4, -0.2) is 71.6 Å². The molecule has 2 heterocycles. The number of benzene rings is 1. The minimum absolute atomic E-state index is 0.0912. The highest BCUT2D eigenvalue weighted by atomic mass is 16.5. The van der Waals surface area contributed by atoms with Crippen molar-refractivity contribution in [3.05, 3.63) is 23.3 Å². The Morgan fingerprint density at radius 3 is 3.00 bits per heavy atom. The van der Waals surface area contributed by atoms with E-state index in [1.54, 1.807) is 6.07 Å². The van der Waals surface area contributed by atoms with Gasteiger partial charge in [0.2, 0.25) is 0 Å². The van der Waals surface area contributed by atoms with Gasteiger partial charge in [0.25, 0.3) is 0 Å². The van der Waals surface area contributed by atoms with E-state index in [2.05, 4.69) is 17.3 Å². The topological polar surface area (TPSA) is 91.3 Å². The maximum Gasteiger partial charge on any atom is 0.317 e. The van der Waals surface area contributed by atoms with E-state index in [-0.39, 0.29) is 41.5 Å². The highest BCUT2D eigenvalue weighted by molar-refractivity contribution is 5.69. The fourth-order valence-electron chi connectivity index (χ4n) is 6.70. The Morgan fingerprint density at radius 1 is 1.43 bits per heavy atom. The Labute approximate surface area is 164 Å². The maximum atomic E-state index is 11.2. The van der Waals surface area contributed by atoms with Crippen LogP contribution in [-0.2, 0) is 21.4 Å². The number of likely N-dealkylation sites (N-methyl/N-ethyl adjacent to an activating group) is 1. The molecule has 2 bridgehead atoms. The minimum atomic E-state index is -0.872. The van der Waals surface area contributed by atoms with Crippen LogP contribution in [0.3, 0.4) is 0 Å². The number of carboxylic acids is 1. The second-order valence-electron chi connectivity index (χ2n) is 8.65. The van der Waals surface area contributed by atoms with Crippen LogP contribution in [0.5, 0.6) is 11.5 Å². The summed E-state index contributed by atoms with van der Waals surface area (Å²) in [5, 5.41) is 23.0. The molecule has 7 nitrogen and oxygen atoms in total. The number of hydrogen-bond donors (Lipinski definition) is 3. The van der Waals surface area contributed by atoms with Crippen molar-refractivity contribution in [1.29, 1.82) is 0 Å². The number of aliphatic carboxylic acids is 1.